The fourth-order valence-electron chi connectivity index (χ4n) is 2.12. The first kappa shape index (κ1) is 9.96. The van der Waals surface area contributed by atoms with Gasteiger partial charge in [-0.3, -0.25) is 5.10 Å². The van der Waals surface area contributed by atoms with E-state index < -0.39 is 0 Å². The van der Waals surface area contributed by atoms with Crippen LogP contribution in [0.5, 0.6) is 0 Å². The number of nitrogens with one attached hydrogen (secondary N) is 2. The molecule has 4 N–H and O–H groups in total. The van der Waals surface area contributed by atoms with Gasteiger partial charge in [-0.2, -0.15) is 5.10 Å². The predicted molar refractivity (Wildman–Crippen MR) is 68.7 cm³/mol. The van der Waals surface area contributed by atoms with Gasteiger partial charge in [0.15, 0.2) is 0 Å². The van der Waals surface area contributed by atoms with Crippen molar-refractivity contribution in [3.63, 3.8) is 0 Å². The lowest BCUT2D eigenvalue weighted by Gasteiger charge is -1.97. The third-order valence-corrected chi connectivity index (χ3v) is 2.99. The van der Waals surface area contributed by atoms with Gasteiger partial charge < -0.3 is 10.7 Å². The molecule has 1 aromatic carbocycles. The van der Waals surface area contributed by atoms with Gasteiger partial charge in [0.1, 0.15) is 5.82 Å². The molecule has 0 aliphatic heterocycles. The van der Waals surface area contributed by atoms with Gasteiger partial charge in [-0.15, -0.1) is 0 Å². The Morgan fingerprint density at radius 3 is 2.88 bits per heavy atom. The summed E-state index contributed by atoms with van der Waals surface area (Å²) < 4.78 is 0. The number of fused-ring (bicyclic) bond motifs is 1. The smallest absolute Gasteiger partial charge is 0.145 e. The quantitative estimate of drug-likeness (QED) is 0.641. The molecule has 4 heteroatoms. The van der Waals surface area contributed by atoms with Gasteiger partial charge >= 0.3 is 0 Å². The summed E-state index contributed by atoms with van der Waals surface area (Å²) in [5.74, 6) is 0.555. The van der Waals surface area contributed by atoms with Gasteiger partial charge in [0.25, 0.3) is 0 Å². The van der Waals surface area contributed by atoms with Crippen LogP contribution in [-0.2, 0) is 12.8 Å². The van der Waals surface area contributed by atoms with Crippen LogP contribution in [0, 0.1) is 0 Å². The lowest BCUT2D eigenvalue weighted by molar-refractivity contribution is 0.898. The summed E-state index contributed by atoms with van der Waals surface area (Å²) in [4.78, 5) is 3.28. The summed E-state index contributed by atoms with van der Waals surface area (Å²) in [6, 6.07) is 10.2. The number of nitrogens with two attached hydrogens (primary N) is 1. The second-order valence-electron chi connectivity index (χ2n) is 4.18. The predicted octanol–water partition coefficient (Wildman–Crippen LogP) is 2.26. The van der Waals surface area contributed by atoms with Gasteiger partial charge in [-0.1, -0.05) is 18.2 Å². The number of hydrogen-bond acceptors (Lipinski definition) is 2. The number of hydrogen-bond donors (Lipinski definition) is 3. The highest BCUT2D eigenvalue weighted by Crippen LogP contribution is 2.19. The van der Waals surface area contributed by atoms with Crippen LogP contribution >= 0.6 is 0 Å². The largest absolute Gasteiger partial charge is 0.382 e. The standard InChI is InChI=1S/C13H14N4/c14-13-7-10(16-17-13)6-5-9-8-15-12-4-2-1-3-11(9)12/h1-4,7-8,15H,5-6H2,(H3,14,16,17). The van der Waals surface area contributed by atoms with Gasteiger partial charge in [0.2, 0.25) is 0 Å². The van der Waals surface area contributed by atoms with Crippen molar-refractivity contribution in [1.82, 2.24) is 15.2 Å². The van der Waals surface area contributed by atoms with Crippen LogP contribution < -0.4 is 5.73 Å². The summed E-state index contributed by atoms with van der Waals surface area (Å²) in [7, 11) is 0. The van der Waals surface area contributed by atoms with Crippen LogP contribution in [0.15, 0.2) is 36.5 Å². The number of rotatable bonds is 3. The maximum absolute atomic E-state index is 5.57. The highest BCUT2D eigenvalue weighted by molar-refractivity contribution is 5.83. The lowest BCUT2D eigenvalue weighted by Crippen LogP contribution is -1.90. The molecule has 3 rings (SSSR count). The third-order valence-electron chi connectivity index (χ3n) is 2.99. The van der Waals surface area contributed by atoms with Crippen LogP contribution in [-0.4, -0.2) is 15.2 Å². The fourth-order valence-corrected chi connectivity index (χ4v) is 2.12. The van der Waals surface area contributed by atoms with E-state index in [1.165, 1.54) is 16.5 Å². The monoisotopic (exact) mass is 226 g/mol. The summed E-state index contributed by atoms with van der Waals surface area (Å²) in [6.07, 6.45) is 3.97. The van der Waals surface area contributed by atoms with E-state index in [0.717, 1.165) is 18.5 Å². The summed E-state index contributed by atoms with van der Waals surface area (Å²) in [5, 5.41) is 8.15. The molecule has 0 saturated carbocycles. The van der Waals surface area contributed by atoms with Crippen molar-refractivity contribution in [1.29, 1.82) is 0 Å². The Balaban J connectivity index is 1.81. The number of para-hydroxylation sites is 1. The second-order valence-corrected chi connectivity index (χ2v) is 4.18. The van der Waals surface area contributed by atoms with Crippen LogP contribution in [0.25, 0.3) is 10.9 Å². The Morgan fingerprint density at radius 2 is 2.06 bits per heavy atom. The van der Waals surface area contributed by atoms with E-state index >= 15 is 0 Å². The zero-order valence-corrected chi connectivity index (χ0v) is 9.40. The zero-order valence-electron chi connectivity index (χ0n) is 9.40. The van der Waals surface area contributed by atoms with Crippen LogP contribution in [0.4, 0.5) is 5.82 Å². The topological polar surface area (TPSA) is 70.5 Å². The molecule has 0 aliphatic rings. The third kappa shape index (κ3) is 1.89. The second kappa shape index (κ2) is 3.97. The minimum Gasteiger partial charge on any atom is -0.382 e. The Hall–Kier alpha value is -2.23. The summed E-state index contributed by atoms with van der Waals surface area (Å²) in [6.45, 7) is 0. The van der Waals surface area contributed by atoms with Gasteiger partial charge in [-0.25, -0.2) is 0 Å². The first-order chi connectivity index (χ1) is 8.33. The Bertz CT molecular complexity index is 635. The molecular formula is C13H14N4. The van der Waals surface area contributed by atoms with E-state index in [9.17, 15) is 0 Å². The van der Waals surface area contributed by atoms with Crippen molar-refractivity contribution < 1.29 is 0 Å². The first-order valence-corrected chi connectivity index (χ1v) is 5.68. The molecule has 0 radical (unpaired) electrons. The van der Waals surface area contributed by atoms with Crippen molar-refractivity contribution in [2.75, 3.05) is 5.73 Å². The van der Waals surface area contributed by atoms with E-state index in [2.05, 4.69) is 39.6 Å². The number of anilines is 1. The molecule has 2 aromatic heterocycles. The van der Waals surface area contributed by atoms with Crippen molar-refractivity contribution in [2.45, 2.75) is 12.8 Å². The summed E-state index contributed by atoms with van der Waals surface area (Å²) in [5.41, 5.74) is 9.16. The van der Waals surface area contributed by atoms with Crippen molar-refractivity contribution >= 4 is 16.7 Å². The number of nitrogen functional groups attached to an aromatic ring is 1. The Labute approximate surface area is 98.8 Å². The molecule has 2 heterocycles. The van der Waals surface area contributed by atoms with Crippen molar-refractivity contribution in [3.8, 4) is 0 Å². The number of benzene rings is 1. The van der Waals surface area contributed by atoms with Gasteiger partial charge in [0.05, 0.1) is 0 Å². The van der Waals surface area contributed by atoms with E-state index in [-0.39, 0.29) is 0 Å². The highest BCUT2D eigenvalue weighted by Gasteiger charge is 2.04. The Kier molecular flexibility index (Phi) is 2.33. The van der Waals surface area contributed by atoms with E-state index in [1.54, 1.807) is 0 Å². The molecule has 0 fully saturated rings. The van der Waals surface area contributed by atoms with E-state index in [0.29, 0.717) is 5.82 Å². The van der Waals surface area contributed by atoms with Crippen molar-refractivity contribution in [3.05, 3.63) is 47.8 Å². The molecule has 0 atom stereocenters. The normalized spacial score (nSPS) is 11.1. The molecule has 17 heavy (non-hydrogen) atoms. The number of aromatic amines is 2. The Morgan fingerprint density at radius 1 is 1.18 bits per heavy atom. The van der Waals surface area contributed by atoms with E-state index in [1.807, 2.05) is 12.1 Å². The molecule has 0 unspecified atom stereocenters. The van der Waals surface area contributed by atoms with Gasteiger partial charge in [0, 0.05) is 28.9 Å². The van der Waals surface area contributed by atoms with Crippen LogP contribution in [0.2, 0.25) is 0 Å². The molecule has 0 spiro atoms. The lowest BCUT2D eigenvalue weighted by atomic mass is 10.1. The molecule has 0 aliphatic carbocycles. The minimum atomic E-state index is 0.555. The summed E-state index contributed by atoms with van der Waals surface area (Å²) >= 11 is 0. The average molecular weight is 226 g/mol. The number of aryl methyl sites for hydroxylation is 2. The van der Waals surface area contributed by atoms with E-state index in [4.69, 9.17) is 5.73 Å². The number of aromatic nitrogens is 3. The molecule has 0 amide bonds. The fraction of sp³-hybridized carbons (Fsp3) is 0.154. The van der Waals surface area contributed by atoms with Gasteiger partial charge in [-0.05, 0) is 24.5 Å². The number of nitrogens with zero attached hydrogens (tertiary/aromatic N) is 1. The zero-order chi connectivity index (χ0) is 11.7. The van der Waals surface area contributed by atoms with Crippen LogP contribution in [0.3, 0.4) is 0 Å². The SMILES string of the molecule is Nc1cc(CCc2c[nH]c3ccccc23)[nH]n1. The van der Waals surface area contributed by atoms with Crippen molar-refractivity contribution in [2.24, 2.45) is 0 Å². The molecule has 0 bridgehead atoms. The minimum absolute atomic E-state index is 0.555. The first-order valence-electron chi connectivity index (χ1n) is 5.68. The molecule has 4 nitrogen and oxygen atoms in total. The average Bonchev–Trinajstić information content (AvgIpc) is 2.93. The highest BCUT2D eigenvalue weighted by atomic mass is 15.1. The molecule has 0 saturated heterocycles. The molecule has 86 valence electrons. The number of H-pyrrole nitrogens is 2. The maximum atomic E-state index is 5.57. The molecular weight excluding hydrogens is 212 g/mol. The maximum Gasteiger partial charge on any atom is 0.145 e. The van der Waals surface area contributed by atoms with Crippen LogP contribution in [0.1, 0.15) is 11.3 Å². The molecule has 3 aromatic rings.